The normalized spacial score (nSPS) is 14.3. The number of rotatable bonds is 5. The van der Waals surface area contributed by atoms with E-state index in [4.69, 9.17) is 4.74 Å². The lowest BCUT2D eigenvalue weighted by Crippen LogP contribution is -2.49. The number of para-hydroxylation sites is 1. The predicted octanol–water partition coefficient (Wildman–Crippen LogP) is 3.71. The van der Waals surface area contributed by atoms with Crippen LogP contribution in [0.3, 0.4) is 0 Å². The largest absolute Gasteiger partial charge is 0.444 e. The minimum atomic E-state index is -0.972. The molecule has 2 aromatic rings. The van der Waals surface area contributed by atoms with Crippen molar-refractivity contribution in [1.29, 1.82) is 0 Å². The number of amides is 1. The van der Waals surface area contributed by atoms with Gasteiger partial charge >= 0.3 is 6.09 Å². The van der Waals surface area contributed by atoms with E-state index in [2.05, 4.69) is 10.3 Å². The second-order valence-corrected chi connectivity index (χ2v) is 7.85. The summed E-state index contributed by atoms with van der Waals surface area (Å²) in [6, 6.07) is 7.91. The Balaban J connectivity index is 2.00. The number of aromatic nitrogens is 1. The zero-order chi connectivity index (χ0) is 17.1. The summed E-state index contributed by atoms with van der Waals surface area (Å²) in [7, 11) is 0. The summed E-state index contributed by atoms with van der Waals surface area (Å²) in [5, 5.41) is 3.60. The molecule has 0 spiro atoms. The first-order chi connectivity index (χ1) is 10.7. The molecule has 1 heterocycles. The van der Waals surface area contributed by atoms with Gasteiger partial charge in [0.05, 0.1) is 20.8 Å². The van der Waals surface area contributed by atoms with Crippen LogP contribution in [0.5, 0.6) is 0 Å². The van der Waals surface area contributed by atoms with Crippen molar-refractivity contribution in [3.05, 3.63) is 29.3 Å². The van der Waals surface area contributed by atoms with Crippen molar-refractivity contribution in [2.45, 2.75) is 51.7 Å². The van der Waals surface area contributed by atoms with Crippen LogP contribution in [0.15, 0.2) is 24.3 Å². The number of nitrogens with zero attached hydrogens (tertiary/aromatic N) is 1. The Hall–Kier alpha value is -1.95. The molecule has 1 aromatic heterocycles. The minimum Gasteiger partial charge on any atom is -0.444 e. The molecule has 2 rings (SSSR count). The van der Waals surface area contributed by atoms with Crippen molar-refractivity contribution in [3.63, 3.8) is 0 Å². The molecule has 23 heavy (non-hydrogen) atoms. The van der Waals surface area contributed by atoms with Gasteiger partial charge in [0.15, 0.2) is 0 Å². The fraction of sp³-hybridized carbons (Fsp3) is 0.471. The molecule has 1 N–H and O–H groups in total. The van der Waals surface area contributed by atoms with E-state index in [1.807, 2.05) is 24.3 Å². The van der Waals surface area contributed by atoms with E-state index in [0.717, 1.165) is 21.5 Å². The topological polar surface area (TPSA) is 68.3 Å². The molecule has 0 aliphatic heterocycles. The van der Waals surface area contributed by atoms with E-state index >= 15 is 0 Å². The van der Waals surface area contributed by atoms with Gasteiger partial charge in [-0.2, -0.15) is 0 Å². The maximum absolute atomic E-state index is 11.9. The molecule has 1 unspecified atom stereocenters. The number of aryl methyl sites for hydroxylation is 1. The molecule has 0 aliphatic carbocycles. The van der Waals surface area contributed by atoms with E-state index in [1.165, 1.54) is 0 Å². The van der Waals surface area contributed by atoms with Crippen LogP contribution in [-0.4, -0.2) is 28.5 Å². The number of aldehydes is 1. The van der Waals surface area contributed by atoms with Gasteiger partial charge in [-0.25, -0.2) is 9.78 Å². The van der Waals surface area contributed by atoms with E-state index in [0.29, 0.717) is 12.8 Å². The van der Waals surface area contributed by atoms with Crippen molar-refractivity contribution in [2.24, 2.45) is 0 Å². The highest BCUT2D eigenvalue weighted by atomic mass is 32.1. The Morgan fingerprint density at radius 3 is 2.61 bits per heavy atom. The van der Waals surface area contributed by atoms with Gasteiger partial charge in [-0.1, -0.05) is 12.1 Å². The third kappa shape index (κ3) is 5.03. The van der Waals surface area contributed by atoms with E-state index in [-0.39, 0.29) is 0 Å². The number of carbonyl (C=O) groups excluding carboxylic acids is 2. The van der Waals surface area contributed by atoms with Crippen molar-refractivity contribution < 1.29 is 14.3 Å². The third-order valence-corrected chi connectivity index (χ3v) is 4.34. The molecule has 0 bridgehead atoms. The zero-order valence-corrected chi connectivity index (χ0v) is 14.7. The summed E-state index contributed by atoms with van der Waals surface area (Å²) in [6.45, 7) is 7.04. The smallest absolute Gasteiger partial charge is 0.408 e. The Morgan fingerprint density at radius 2 is 2.00 bits per heavy atom. The Labute approximate surface area is 140 Å². The molecule has 124 valence electrons. The Bertz CT molecular complexity index is 672. The van der Waals surface area contributed by atoms with Crippen molar-refractivity contribution >= 4 is 33.9 Å². The third-order valence-electron chi connectivity index (χ3n) is 3.24. The standard InChI is InChI=1S/C17H22N2O3S/c1-16(2,3)22-15(21)19-17(4,11-20)10-9-14-18-12-7-5-6-8-13(12)23-14/h5-8,11H,9-10H2,1-4H3,(H,19,21). The van der Waals surface area contributed by atoms with Crippen LogP contribution in [0.25, 0.3) is 10.2 Å². The minimum absolute atomic E-state index is 0.468. The van der Waals surface area contributed by atoms with Gasteiger partial charge < -0.3 is 14.8 Å². The molecular weight excluding hydrogens is 312 g/mol. The van der Waals surface area contributed by atoms with Crippen molar-refractivity contribution in [3.8, 4) is 0 Å². The second-order valence-electron chi connectivity index (χ2n) is 6.74. The van der Waals surface area contributed by atoms with Crippen LogP contribution >= 0.6 is 11.3 Å². The second kappa shape index (κ2) is 6.66. The van der Waals surface area contributed by atoms with Gasteiger partial charge in [0.2, 0.25) is 0 Å². The van der Waals surface area contributed by atoms with Crippen LogP contribution in [-0.2, 0) is 16.0 Å². The number of alkyl carbamates (subject to hydrolysis) is 1. The van der Waals surface area contributed by atoms with Gasteiger partial charge in [-0.3, -0.25) is 0 Å². The molecule has 0 aliphatic rings. The number of fused-ring (bicyclic) bond motifs is 1. The van der Waals surface area contributed by atoms with E-state index in [9.17, 15) is 9.59 Å². The fourth-order valence-corrected chi connectivity index (χ4v) is 3.05. The summed E-state index contributed by atoms with van der Waals surface area (Å²) in [5.74, 6) is 0. The SMILES string of the molecule is CC(C=O)(CCc1nc2ccccc2s1)NC(=O)OC(C)(C)C. The maximum atomic E-state index is 11.9. The number of benzene rings is 1. The van der Waals surface area contributed by atoms with Gasteiger partial charge in [0, 0.05) is 6.42 Å². The zero-order valence-electron chi connectivity index (χ0n) is 13.9. The number of hydrogen-bond acceptors (Lipinski definition) is 5. The number of nitrogens with one attached hydrogen (secondary N) is 1. The van der Waals surface area contributed by atoms with Gasteiger partial charge in [0.1, 0.15) is 11.9 Å². The van der Waals surface area contributed by atoms with E-state index < -0.39 is 17.2 Å². The molecule has 1 amide bonds. The van der Waals surface area contributed by atoms with Crippen LogP contribution in [0.4, 0.5) is 4.79 Å². The summed E-state index contributed by atoms with van der Waals surface area (Å²) < 4.78 is 6.33. The number of thiazole rings is 1. The molecular formula is C17H22N2O3S. The van der Waals surface area contributed by atoms with Gasteiger partial charge in [-0.15, -0.1) is 11.3 Å². The summed E-state index contributed by atoms with van der Waals surface area (Å²) in [6.07, 6.45) is 1.25. The fourth-order valence-electron chi connectivity index (χ4n) is 2.08. The molecule has 6 heteroatoms. The van der Waals surface area contributed by atoms with Crippen LogP contribution in [0.2, 0.25) is 0 Å². The van der Waals surface area contributed by atoms with E-state index in [1.54, 1.807) is 39.0 Å². The average Bonchev–Trinajstić information content (AvgIpc) is 2.86. The monoisotopic (exact) mass is 334 g/mol. The maximum Gasteiger partial charge on any atom is 0.408 e. The molecule has 1 atom stereocenters. The van der Waals surface area contributed by atoms with Gasteiger partial charge in [-0.05, 0) is 46.2 Å². The van der Waals surface area contributed by atoms with Crippen molar-refractivity contribution in [2.75, 3.05) is 0 Å². The van der Waals surface area contributed by atoms with Crippen LogP contribution in [0, 0.1) is 0 Å². The van der Waals surface area contributed by atoms with Gasteiger partial charge in [0.25, 0.3) is 0 Å². The Morgan fingerprint density at radius 1 is 1.30 bits per heavy atom. The first-order valence-corrected chi connectivity index (χ1v) is 8.34. The first kappa shape index (κ1) is 17.4. The number of ether oxygens (including phenoxy) is 1. The number of hydrogen-bond donors (Lipinski definition) is 1. The molecule has 1 aromatic carbocycles. The van der Waals surface area contributed by atoms with Crippen LogP contribution in [0.1, 0.15) is 39.1 Å². The quantitative estimate of drug-likeness (QED) is 0.846. The lowest BCUT2D eigenvalue weighted by molar-refractivity contribution is -0.113. The first-order valence-electron chi connectivity index (χ1n) is 7.53. The summed E-state index contributed by atoms with van der Waals surface area (Å²) >= 11 is 1.61. The molecule has 0 saturated carbocycles. The molecule has 0 radical (unpaired) electrons. The lowest BCUT2D eigenvalue weighted by Gasteiger charge is -2.27. The molecule has 5 nitrogen and oxygen atoms in total. The van der Waals surface area contributed by atoms with Crippen LogP contribution < -0.4 is 5.32 Å². The molecule has 0 saturated heterocycles. The summed E-state index contributed by atoms with van der Waals surface area (Å²) in [4.78, 5) is 27.9. The Kier molecular flexibility index (Phi) is 5.04. The molecule has 0 fully saturated rings. The average molecular weight is 334 g/mol. The summed E-state index contributed by atoms with van der Waals surface area (Å²) in [5.41, 5.74) is -0.610. The highest BCUT2D eigenvalue weighted by Crippen LogP contribution is 2.24. The highest BCUT2D eigenvalue weighted by Gasteiger charge is 2.28. The van der Waals surface area contributed by atoms with Crippen molar-refractivity contribution in [1.82, 2.24) is 10.3 Å². The highest BCUT2D eigenvalue weighted by molar-refractivity contribution is 7.18. The number of carbonyl (C=O) groups is 2. The lowest BCUT2D eigenvalue weighted by atomic mass is 9.98. The predicted molar refractivity (Wildman–Crippen MR) is 91.8 cm³/mol.